The molecule has 0 spiro atoms. The molecule has 1 N–H and O–H groups in total. The lowest BCUT2D eigenvalue weighted by Gasteiger charge is -2.27. The minimum Gasteiger partial charge on any atom is -0.472 e. The summed E-state index contributed by atoms with van der Waals surface area (Å²) in [6, 6.07) is 6.66. The van der Waals surface area contributed by atoms with Crippen LogP contribution in [-0.4, -0.2) is 24.5 Å². The van der Waals surface area contributed by atoms with Crippen LogP contribution < -0.4 is 5.32 Å². The van der Waals surface area contributed by atoms with Crippen LogP contribution in [-0.2, 0) is 0 Å². The van der Waals surface area contributed by atoms with Gasteiger partial charge in [-0.25, -0.2) is 0 Å². The van der Waals surface area contributed by atoms with E-state index in [2.05, 4.69) is 23.2 Å². The standard InChI is InChI=1S/C16H22N2O2/c1-13(14-6-10-19-12-14)17-11-15(16-5-4-9-20-16)18-7-2-3-8-18/h4-6,9-10,12-13,15,17H,2-3,7-8,11H2,1H3. The molecule has 108 valence electrons. The Bertz CT molecular complexity index is 487. The van der Waals surface area contributed by atoms with Crippen LogP contribution in [0.5, 0.6) is 0 Å². The van der Waals surface area contributed by atoms with Gasteiger partial charge in [0.25, 0.3) is 0 Å². The molecule has 1 aliphatic rings. The lowest BCUT2D eigenvalue weighted by Crippen LogP contribution is -2.34. The largest absolute Gasteiger partial charge is 0.472 e. The Morgan fingerprint density at radius 3 is 2.75 bits per heavy atom. The maximum Gasteiger partial charge on any atom is 0.122 e. The van der Waals surface area contributed by atoms with Gasteiger partial charge in [0.1, 0.15) is 5.76 Å². The van der Waals surface area contributed by atoms with Crippen molar-refractivity contribution in [3.63, 3.8) is 0 Å². The van der Waals surface area contributed by atoms with Crippen molar-refractivity contribution < 1.29 is 8.83 Å². The van der Waals surface area contributed by atoms with Gasteiger partial charge in [-0.05, 0) is 51.1 Å². The number of furan rings is 2. The molecule has 0 aromatic carbocycles. The Hall–Kier alpha value is -1.52. The average Bonchev–Trinajstić information content (AvgIpc) is 3.22. The van der Waals surface area contributed by atoms with Gasteiger partial charge in [-0.2, -0.15) is 0 Å². The van der Waals surface area contributed by atoms with Crippen molar-refractivity contribution in [2.45, 2.75) is 31.8 Å². The Morgan fingerprint density at radius 1 is 1.25 bits per heavy atom. The Labute approximate surface area is 119 Å². The molecule has 0 amide bonds. The van der Waals surface area contributed by atoms with Crippen molar-refractivity contribution in [3.8, 4) is 0 Å². The maximum absolute atomic E-state index is 5.63. The van der Waals surface area contributed by atoms with E-state index in [-0.39, 0.29) is 6.04 Å². The van der Waals surface area contributed by atoms with Crippen LogP contribution in [0.25, 0.3) is 0 Å². The second-order valence-corrected chi connectivity index (χ2v) is 5.46. The van der Waals surface area contributed by atoms with Crippen molar-refractivity contribution in [1.29, 1.82) is 0 Å². The first kappa shape index (κ1) is 13.5. The maximum atomic E-state index is 5.63. The molecule has 2 unspecified atom stereocenters. The molecule has 1 saturated heterocycles. The third-order valence-corrected chi connectivity index (χ3v) is 4.11. The molecule has 20 heavy (non-hydrogen) atoms. The van der Waals surface area contributed by atoms with Gasteiger partial charge in [-0.15, -0.1) is 0 Å². The van der Waals surface area contributed by atoms with Crippen molar-refractivity contribution in [1.82, 2.24) is 10.2 Å². The minimum atomic E-state index is 0.286. The normalized spacial score (nSPS) is 19.2. The molecule has 0 aliphatic carbocycles. The van der Waals surface area contributed by atoms with E-state index in [0.29, 0.717) is 6.04 Å². The molecule has 3 rings (SSSR count). The first-order valence-corrected chi connectivity index (χ1v) is 7.37. The van der Waals surface area contributed by atoms with E-state index in [1.807, 2.05) is 12.1 Å². The fourth-order valence-corrected chi connectivity index (χ4v) is 2.87. The van der Waals surface area contributed by atoms with Crippen molar-refractivity contribution >= 4 is 0 Å². The van der Waals surface area contributed by atoms with Gasteiger partial charge in [-0.1, -0.05) is 0 Å². The van der Waals surface area contributed by atoms with E-state index in [4.69, 9.17) is 8.83 Å². The zero-order valence-corrected chi connectivity index (χ0v) is 11.9. The van der Waals surface area contributed by atoms with E-state index in [9.17, 15) is 0 Å². The van der Waals surface area contributed by atoms with Gasteiger partial charge in [0, 0.05) is 18.2 Å². The molecule has 0 saturated carbocycles. The average molecular weight is 274 g/mol. The van der Waals surface area contributed by atoms with Crippen LogP contribution >= 0.6 is 0 Å². The number of nitrogens with one attached hydrogen (secondary N) is 1. The zero-order chi connectivity index (χ0) is 13.8. The first-order chi connectivity index (χ1) is 9.84. The molecule has 1 fully saturated rings. The molecule has 2 aromatic heterocycles. The summed E-state index contributed by atoms with van der Waals surface area (Å²) in [7, 11) is 0. The molecule has 0 bridgehead atoms. The molecule has 1 aliphatic heterocycles. The van der Waals surface area contributed by atoms with Gasteiger partial charge in [-0.3, -0.25) is 4.90 Å². The molecular weight excluding hydrogens is 252 g/mol. The third-order valence-electron chi connectivity index (χ3n) is 4.11. The highest BCUT2D eigenvalue weighted by molar-refractivity contribution is 5.11. The second-order valence-electron chi connectivity index (χ2n) is 5.46. The molecule has 4 nitrogen and oxygen atoms in total. The SMILES string of the molecule is CC(NCC(c1ccco1)N1CCCC1)c1ccoc1. The van der Waals surface area contributed by atoms with E-state index in [1.165, 1.54) is 18.4 Å². The van der Waals surface area contributed by atoms with E-state index in [0.717, 1.165) is 25.4 Å². The fraction of sp³-hybridized carbons (Fsp3) is 0.500. The van der Waals surface area contributed by atoms with Crippen LogP contribution in [0.1, 0.15) is 43.2 Å². The number of nitrogens with zero attached hydrogens (tertiary/aromatic N) is 1. The lowest BCUT2D eigenvalue weighted by molar-refractivity contribution is 0.205. The molecule has 4 heteroatoms. The highest BCUT2D eigenvalue weighted by Gasteiger charge is 2.25. The molecule has 3 heterocycles. The summed E-state index contributed by atoms with van der Waals surface area (Å²) in [5.74, 6) is 1.05. The highest BCUT2D eigenvalue weighted by Crippen LogP contribution is 2.25. The molecule has 2 atom stereocenters. The van der Waals surface area contributed by atoms with Crippen LogP contribution in [0.4, 0.5) is 0 Å². The number of hydrogen-bond acceptors (Lipinski definition) is 4. The minimum absolute atomic E-state index is 0.286. The van der Waals surface area contributed by atoms with Crippen LogP contribution in [0.2, 0.25) is 0 Å². The first-order valence-electron chi connectivity index (χ1n) is 7.37. The molecule has 2 aromatic rings. The van der Waals surface area contributed by atoms with Gasteiger partial charge in [0.2, 0.25) is 0 Å². The van der Waals surface area contributed by atoms with Crippen molar-refractivity contribution in [2.24, 2.45) is 0 Å². The summed E-state index contributed by atoms with van der Waals surface area (Å²) >= 11 is 0. The van der Waals surface area contributed by atoms with Crippen LogP contribution in [0.3, 0.4) is 0 Å². The third kappa shape index (κ3) is 2.97. The lowest BCUT2D eigenvalue weighted by atomic mass is 10.1. The van der Waals surface area contributed by atoms with Crippen LogP contribution in [0.15, 0.2) is 45.8 Å². The number of likely N-dealkylation sites (tertiary alicyclic amines) is 1. The van der Waals surface area contributed by atoms with Crippen molar-refractivity contribution in [3.05, 3.63) is 48.3 Å². The summed E-state index contributed by atoms with van der Waals surface area (Å²) < 4.78 is 10.8. The summed E-state index contributed by atoms with van der Waals surface area (Å²) in [5, 5.41) is 3.59. The van der Waals surface area contributed by atoms with Gasteiger partial charge in [0.05, 0.1) is 24.8 Å². The van der Waals surface area contributed by atoms with E-state index < -0.39 is 0 Å². The van der Waals surface area contributed by atoms with Crippen LogP contribution in [0, 0.1) is 0 Å². The van der Waals surface area contributed by atoms with Gasteiger partial charge in [0.15, 0.2) is 0 Å². The Morgan fingerprint density at radius 2 is 2.10 bits per heavy atom. The second kappa shape index (κ2) is 6.29. The van der Waals surface area contributed by atoms with E-state index >= 15 is 0 Å². The van der Waals surface area contributed by atoms with Gasteiger partial charge < -0.3 is 14.2 Å². The van der Waals surface area contributed by atoms with Gasteiger partial charge >= 0.3 is 0 Å². The summed E-state index contributed by atoms with van der Waals surface area (Å²) in [4.78, 5) is 2.51. The quantitative estimate of drug-likeness (QED) is 0.877. The monoisotopic (exact) mass is 274 g/mol. The molecule has 0 radical (unpaired) electrons. The number of hydrogen-bond donors (Lipinski definition) is 1. The van der Waals surface area contributed by atoms with E-state index in [1.54, 1.807) is 18.8 Å². The number of rotatable bonds is 6. The summed E-state index contributed by atoms with van der Waals surface area (Å²) in [6.07, 6.45) is 7.86. The smallest absolute Gasteiger partial charge is 0.122 e. The fourth-order valence-electron chi connectivity index (χ4n) is 2.87. The summed E-state index contributed by atoms with van der Waals surface area (Å²) in [5.41, 5.74) is 1.18. The zero-order valence-electron chi connectivity index (χ0n) is 11.9. The topological polar surface area (TPSA) is 41.6 Å². The predicted molar refractivity (Wildman–Crippen MR) is 77.4 cm³/mol. The van der Waals surface area contributed by atoms with Crippen molar-refractivity contribution in [2.75, 3.05) is 19.6 Å². The summed E-state index contributed by atoms with van der Waals surface area (Å²) in [6.45, 7) is 5.37. The Kier molecular flexibility index (Phi) is 4.23. The predicted octanol–water partition coefficient (Wildman–Crippen LogP) is 3.36. The molecular formula is C16H22N2O2. The highest BCUT2D eigenvalue weighted by atomic mass is 16.3. The Balaban J connectivity index is 1.64.